The maximum Gasteiger partial charge on any atom is 0.136 e. The van der Waals surface area contributed by atoms with Gasteiger partial charge < -0.3 is 0 Å². The van der Waals surface area contributed by atoms with Crippen molar-refractivity contribution in [1.29, 1.82) is 0 Å². The molecule has 0 atom stereocenters. The quantitative estimate of drug-likeness (QED) is 0.706. The largest absolute Gasteiger partial charge is 0.222 e. The van der Waals surface area contributed by atoms with Gasteiger partial charge in [0, 0.05) is 5.56 Å². The summed E-state index contributed by atoms with van der Waals surface area (Å²) in [5, 5.41) is 5.51. The summed E-state index contributed by atoms with van der Waals surface area (Å²) < 4.78 is 1.89. The van der Waals surface area contributed by atoms with Crippen molar-refractivity contribution in [3.63, 3.8) is 0 Å². The number of benzene rings is 1. The molecule has 0 saturated carbocycles. The Hall–Kier alpha value is -1.28. The fraction of sp³-hybridized carbons (Fsp3) is 0.400. The Balaban J connectivity index is 2.08. The lowest BCUT2D eigenvalue weighted by atomic mass is 10.1. The number of fused-ring (bicyclic) bond motifs is 1. The molecule has 2 aromatic rings. The Morgan fingerprint density at radius 1 is 1.17 bits per heavy atom. The average Bonchev–Trinajstić information content (AvgIpc) is 2.55. The van der Waals surface area contributed by atoms with Gasteiger partial charge in [-0.25, -0.2) is 4.68 Å². The van der Waals surface area contributed by atoms with Crippen molar-refractivity contribution in [2.75, 3.05) is 0 Å². The zero-order valence-corrected chi connectivity index (χ0v) is 11.4. The summed E-state index contributed by atoms with van der Waals surface area (Å²) >= 11 is 6.50. The first-order valence-electron chi connectivity index (χ1n) is 6.59. The highest BCUT2D eigenvalue weighted by molar-refractivity contribution is 6.30. The van der Waals surface area contributed by atoms with Gasteiger partial charge >= 0.3 is 0 Å². The van der Waals surface area contributed by atoms with Crippen molar-refractivity contribution in [1.82, 2.24) is 9.78 Å². The van der Waals surface area contributed by atoms with Gasteiger partial charge in [-0.3, -0.25) is 0 Å². The molecule has 94 valence electrons. The Kier molecular flexibility index (Phi) is 3.13. The molecule has 1 aromatic carbocycles. The molecule has 18 heavy (non-hydrogen) atoms. The molecule has 2 nitrogen and oxygen atoms in total. The van der Waals surface area contributed by atoms with Crippen LogP contribution in [0.5, 0.6) is 0 Å². The molecule has 0 saturated heterocycles. The summed E-state index contributed by atoms with van der Waals surface area (Å²) in [7, 11) is 0. The third-order valence-corrected chi connectivity index (χ3v) is 3.98. The summed E-state index contributed by atoms with van der Waals surface area (Å²) in [5.41, 5.74) is 4.75. The number of aromatic nitrogens is 2. The predicted molar refractivity (Wildman–Crippen MR) is 74.6 cm³/mol. The molecule has 0 bridgehead atoms. The van der Waals surface area contributed by atoms with Gasteiger partial charge in [0.15, 0.2) is 0 Å². The van der Waals surface area contributed by atoms with Crippen molar-refractivity contribution in [2.45, 2.75) is 39.0 Å². The predicted octanol–water partition coefficient (Wildman–Crippen LogP) is 4.10. The third-order valence-electron chi connectivity index (χ3n) is 3.59. The van der Waals surface area contributed by atoms with E-state index in [4.69, 9.17) is 16.7 Å². The van der Waals surface area contributed by atoms with Gasteiger partial charge in [-0.1, -0.05) is 30.2 Å². The van der Waals surface area contributed by atoms with Crippen LogP contribution in [0.1, 0.15) is 36.1 Å². The van der Waals surface area contributed by atoms with Gasteiger partial charge in [0.25, 0.3) is 0 Å². The molecule has 3 rings (SSSR count). The number of hydrogen-bond donors (Lipinski definition) is 0. The van der Waals surface area contributed by atoms with Gasteiger partial charge in [0.1, 0.15) is 5.15 Å². The topological polar surface area (TPSA) is 17.8 Å². The molecule has 1 aromatic heterocycles. The molecule has 0 radical (unpaired) electrons. The van der Waals surface area contributed by atoms with Crippen LogP contribution in [0.4, 0.5) is 0 Å². The lowest BCUT2D eigenvalue weighted by Crippen LogP contribution is -1.98. The van der Waals surface area contributed by atoms with Crippen LogP contribution < -0.4 is 0 Å². The summed E-state index contributed by atoms with van der Waals surface area (Å²) in [6, 6.07) is 8.32. The average molecular weight is 261 g/mol. The normalized spacial score (nSPS) is 15.2. The number of nitrogens with zero attached hydrogens (tertiary/aromatic N) is 2. The highest BCUT2D eigenvalue weighted by Gasteiger charge is 2.18. The van der Waals surface area contributed by atoms with Gasteiger partial charge in [-0.2, -0.15) is 5.10 Å². The minimum Gasteiger partial charge on any atom is -0.222 e. The molecule has 1 aliphatic rings. The van der Waals surface area contributed by atoms with Crippen LogP contribution in [-0.4, -0.2) is 9.78 Å². The second-order valence-electron chi connectivity index (χ2n) is 5.03. The van der Waals surface area contributed by atoms with Crippen molar-refractivity contribution < 1.29 is 0 Å². The highest BCUT2D eigenvalue weighted by atomic mass is 35.5. The highest BCUT2D eigenvalue weighted by Crippen LogP contribution is 2.29. The molecule has 3 heteroatoms. The monoisotopic (exact) mass is 260 g/mol. The fourth-order valence-corrected chi connectivity index (χ4v) is 2.96. The van der Waals surface area contributed by atoms with Crippen molar-refractivity contribution in [3.8, 4) is 5.69 Å². The first-order valence-corrected chi connectivity index (χ1v) is 6.97. The van der Waals surface area contributed by atoms with Crippen LogP contribution in [0.15, 0.2) is 24.3 Å². The summed E-state index contributed by atoms with van der Waals surface area (Å²) in [6.07, 6.45) is 5.88. The van der Waals surface area contributed by atoms with E-state index in [9.17, 15) is 0 Å². The Bertz CT molecular complexity index is 572. The molecular weight excluding hydrogens is 244 g/mol. The van der Waals surface area contributed by atoms with Crippen LogP contribution >= 0.6 is 11.6 Å². The van der Waals surface area contributed by atoms with E-state index in [2.05, 4.69) is 25.1 Å². The number of aryl methyl sites for hydroxylation is 2. The molecule has 1 aliphatic carbocycles. The van der Waals surface area contributed by atoms with E-state index >= 15 is 0 Å². The van der Waals surface area contributed by atoms with Gasteiger partial charge in [-0.05, 0) is 50.3 Å². The maximum atomic E-state index is 6.50. The molecule has 0 N–H and O–H groups in total. The standard InChI is InChI=1S/C15H17ClN2/c1-11-6-5-7-12(10-11)18-15(16)13-8-3-2-4-9-14(13)17-18/h5-7,10H,2-4,8-9H2,1H3. The second-order valence-corrected chi connectivity index (χ2v) is 5.39. The van der Waals surface area contributed by atoms with E-state index in [-0.39, 0.29) is 0 Å². The molecule has 0 fully saturated rings. The second kappa shape index (κ2) is 4.77. The Morgan fingerprint density at radius 3 is 2.83 bits per heavy atom. The van der Waals surface area contributed by atoms with Crippen molar-refractivity contribution in [3.05, 3.63) is 46.2 Å². The van der Waals surface area contributed by atoms with Crippen LogP contribution in [-0.2, 0) is 12.8 Å². The van der Waals surface area contributed by atoms with Crippen LogP contribution in [0.25, 0.3) is 5.69 Å². The van der Waals surface area contributed by atoms with E-state index in [1.807, 2.05) is 10.7 Å². The van der Waals surface area contributed by atoms with Gasteiger partial charge in [0.05, 0.1) is 11.4 Å². The summed E-state index contributed by atoms with van der Waals surface area (Å²) in [4.78, 5) is 0. The lowest BCUT2D eigenvalue weighted by molar-refractivity contribution is 0.694. The van der Waals surface area contributed by atoms with E-state index in [1.165, 1.54) is 36.1 Å². The third kappa shape index (κ3) is 2.05. The van der Waals surface area contributed by atoms with Crippen LogP contribution in [0.3, 0.4) is 0 Å². The van der Waals surface area contributed by atoms with E-state index in [0.717, 1.165) is 23.7 Å². The first-order chi connectivity index (χ1) is 8.75. The van der Waals surface area contributed by atoms with Gasteiger partial charge in [-0.15, -0.1) is 0 Å². The summed E-state index contributed by atoms with van der Waals surface area (Å²) in [5.74, 6) is 0. The van der Waals surface area contributed by atoms with E-state index < -0.39 is 0 Å². The fourth-order valence-electron chi connectivity index (χ4n) is 2.62. The molecular formula is C15H17ClN2. The zero-order chi connectivity index (χ0) is 12.5. The SMILES string of the molecule is Cc1cccc(-n2nc3c(c2Cl)CCCCC3)c1. The zero-order valence-electron chi connectivity index (χ0n) is 10.6. The van der Waals surface area contributed by atoms with Crippen LogP contribution in [0.2, 0.25) is 5.15 Å². The first kappa shape index (κ1) is 11.8. The number of rotatable bonds is 1. The summed E-state index contributed by atoms with van der Waals surface area (Å²) in [6.45, 7) is 2.09. The molecule has 0 aliphatic heterocycles. The van der Waals surface area contributed by atoms with Crippen molar-refractivity contribution >= 4 is 11.6 Å². The molecule has 0 unspecified atom stereocenters. The minimum atomic E-state index is 0.803. The molecule has 0 spiro atoms. The number of hydrogen-bond acceptors (Lipinski definition) is 1. The smallest absolute Gasteiger partial charge is 0.136 e. The molecule has 1 heterocycles. The minimum absolute atomic E-state index is 0.803. The van der Waals surface area contributed by atoms with E-state index in [1.54, 1.807) is 0 Å². The number of halogens is 1. The van der Waals surface area contributed by atoms with Crippen LogP contribution in [0, 0.1) is 6.92 Å². The van der Waals surface area contributed by atoms with Gasteiger partial charge in [0.2, 0.25) is 0 Å². The lowest BCUT2D eigenvalue weighted by Gasteiger charge is -2.05. The Labute approximate surface area is 113 Å². The van der Waals surface area contributed by atoms with E-state index in [0.29, 0.717) is 0 Å². The Morgan fingerprint density at radius 2 is 2.00 bits per heavy atom. The van der Waals surface area contributed by atoms with Crippen molar-refractivity contribution in [2.24, 2.45) is 0 Å². The molecule has 0 amide bonds. The maximum absolute atomic E-state index is 6.50.